The molecule has 0 aliphatic heterocycles. The van der Waals surface area contributed by atoms with Gasteiger partial charge in [0.25, 0.3) is 0 Å². The number of hydrogen-bond acceptors (Lipinski definition) is 2. The van der Waals surface area contributed by atoms with Gasteiger partial charge in [0.05, 0.1) is 6.54 Å². The zero-order chi connectivity index (χ0) is 12.8. The predicted molar refractivity (Wildman–Crippen MR) is 72.2 cm³/mol. The standard InChI is InChI=1S/C13H18BrNO2/c1-3-15(9-13(16)17)10(2)8-11-4-6-12(14)7-5-11/h4-7,10H,3,8-9H2,1-2H3,(H,16,17). The van der Waals surface area contributed by atoms with Crippen molar-refractivity contribution in [2.75, 3.05) is 13.1 Å². The van der Waals surface area contributed by atoms with E-state index in [1.54, 1.807) is 0 Å². The molecule has 3 nitrogen and oxygen atoms in total. The first-order chi connectivity index (χ1) is 8.02. The number of carbonyl (C=O) groups is 1. The van der Waals surface area contributed by atoms with Crippen LogP contribution in [-0.4, -0.2) is 35.1 Å². The zero-order valence-corrected chi connectivity index (χ0v) is 11.8. The van der Waals surface area contributed by atoms with Crippen LogP contribution in [0.4, 0.5) is 0 Å². The molecule has 0 amide bonds. The van der Waals surface area contributed by atoms with Crippen LogP contribution in [0.2, 0.25) is 0 Å². The van der Waals surface area contributed by atoms with Crippen LogP contribution in [0.1, 0.15) is 19.4 Å². The number of aliphatic carboxylic acids is 1. The van der Waals surface area contributed by atoms with Crippen molar-refractivity contribution in [3.05, 3.63) is 34.3 Å². The highest BCUT2D eigenvalue weighted by Crippen LogP contribution is 2.13. The van der Waals surface area contributed by atoms with Gasteiger partial charge in [0, 0.05) is 10.5 Å². The second-order valence-electron chi connectivity index (χ2n) is 4.14. The molecule has 0 saturated carbocycles. The summed E-state index contributed by atoms with van der Waals surface area (Å²) >= 11 is 3.40. The summed E-state index contributed by atoms with van der Waals surface area (Å²) in [5, 5.41) is 8.82. The summed E-state index contributed by atoms with van der Waals surface area (Å²) in [4.78, 5) is 12.7. The molecule has 0 fully saturated rings. The second-order valence-corrected chi connectivity index (χ2v) is 5.05. The van der Waals surface area contributed by atoms with E-state index >= 15 is 0 Å². The Morgan fingerprint density at radius 1 is 1.41 bits per heavy atom. The third kappa shape index (κ3) is 4.88. The number of likely N-dealkylation sites (N-methyl/N-ethyl adjacent to an activating group) is 1. The van der Waals surface area contributed by atoms with Crippen LogP contribution in [-0.2, 0) is 11.2 Å². The Morgan fingerprint density at radius 2 is 2.00 bits per heavy atom. The van der Waals surface area contributed by atoms with Gasteiger partial charge in [-0.2, -0.15) is 0 Å². The molecule has 4 heteroatoms. The smallest absolute Gasteiger partial charge is 0.317 e. The van der Waals surface area contributed by atoms with Crippen LogP contribution in [0.15, 0.2) is 28.7 Å². The number of rotatable bonds is 6. The molecule has 1 atom stereocenters. The van der Waals surface area contributed by atoms with Crippen LogP contribution in [0.5, 0.6) is 0 Å². The number of carboxylic acids is 1. The SMILES string of the molecule is CCN(CC(=O)O)C(C)Cc1ccc(Br)cc1. The highest BCUT2D eigenvalue weighted by molar-refractivity contribution is 9.10. The van der Waals surface area contributed by atoms with E-state index in [9.17, 15) is 4.79 Å². The minimum Gasteiger partial charge on any atom is -0.480 e. The van der Waals surface area contributed by atoms with Gasteiger partial charge in [0.2, 0.25) is 0 Å². The fourth-order valence-electron chi connectivity index (χ4n) is 1.84. The first-order valence-electron chi connectivity index (χ1n) is 5.73. The zero-order valence-electron chi connectivity index (χ0n) is 10.2. The minimum atomic E-state index is -0.769. The maximum atomic E-state index is 10.7. The van der Waals surface area contributed by atoms with E-state index < -0.39 is 5.97 Å². The fraction of sp³-hybridized carbons (Fsp3) is 0.462. The average molecular weight is 300 g/mol. The molecule has 0 bridgehead atoms. The fourth-order valence-corrected chi connectivity index (χ4v) is 2.11. The van der Waals surface area contributed by atoms with Crippen molar-refractivity contribution >= 4 is 21.9 Å². The van der Waals surface area contributed by atoms with Gasteiger partial charge in [-0.05, 0) is 37.6 Å². The van der Waals surface area contributed by atoms with E-state index in [0.717, 1.165) is 17.4 Å². The van der Waals surface area contributed by atoms with Gasteiger partial charge in [0.15, 0.2) is 0 Å². The number of hydrogen-bond donors (Lipinski definition) is 1. The Kier molecular flexibility index (Phi) is 5.65. The van der Waals surface area contributed by atoms with E-state index in [0.29, 0.717) is 0 Å². The van der Waals surface area contributed by atoms with Gasteiger partial charge in [0.1, 0.15) is 0 Å². The van der Waals surface area contributed by atoms with Crippen molar-refractivity contribution in [3.63, 3.8) is 0 Å². The minimum absolute atomic E-state index is 0.105. The molecule has 1 rings (SSSR count). The summed E-state index contributed by atoms with van der Waals surface area (Å²) in [7, 11) is 0. The van der Waals surface area contributed by atoms with Crippen molar-refractivity contribution in [2.24, 2.45) is 0 Å². The quantitative estimate of drug-likeness (QED) is 0.878. The molecule has 0 saturated heterocycles. The van der Waals surface area contributed by atoms with E-state index in [-0.39, 0.29) is 12.6 Å². The predicted octanol–water partition coefficient (Wildman–Crippen LogP) is 2.79. The molecule has 0 aliphatic rings. The summed E-state index contributed by atoms with van der Waals surface area (Å²) in [6, 6.07) is 8.38. The Bertz CT molecular complexity index is 364. The van der Waals surface area contributed by atoms with Crippen LogP contribution in [0.3, 0.4) is 0 Å². The number of halogens is 1. The van der Waals surface area contributed by atoms with Crippen molar-refractivity contribution in [1.82, 2.24) is 4.90 Å². The van der Waals surface area contributed by atoms with E-state index in [4.69, 9.17) is 5.11 Å². The van der Waals surface area contributed by atoms with Crippen molar-refractivity contribution in [2.45, 2.75) is 26.3 Å². The van der Waals surface area contributed by atoms with Crippen LogP contribution in [0.25, 0.3) is 0 Å². The summed E-state index contributed by atoms with van der Waals surface area (Å²) in [5.74, 6) is -0.769. The lowest BCUT2D eigenvalue weighted by Crippen LogP contribution is -2.38. The molecule has 0 spiro atoms. The third-order valence-electron chi connectivity index (χ3n) is 2.81. The monoisotopic (exact) mass is 299 g/mol. The average Bonchev–Trinajstić information content (AvgIpc) is 2.28. The van der Waals surface area contributed by atoms with E-state index in [1.807, 2.05) is 24.0 Å². The Labute approximate surface area is 111 Å². The van der Waals surface area contributed by atoms with Crippen molar-refractivity contribution in [3.8, 4) is 0 Å². The normalized spacial score (nSPS) is 12.7. The van der Waals surface area contributed by atoms with Gasteiger partial charge >= 0.3 is 5.97 Å². The van der Waals surface area contributed by atoms with Gasteiger partial charge in [-0.25, -0.2) is 0 Å². The summed E-state index contributed by atoms with van der Waals surface area (Å²) in [5.41, 5.74) is 1.23. The molecular weight excluding hydrogens is 282 g/mol. The number of benzene rings is 1. The first-order valence-corrected chi connectivity index (χ1v) is 6.52. The molecule has 17 heavy (non-hydrogen) atoms. The molecule has 1 N–H and O–H groups in total. The highest BCUT2D eigenvalue weighted by atomic mass is 79.9. The lowest BCUT2D eigenvalue weighted by Gasteiger charge is -2.26. The number of carboxylic acid groups (broad SMARTS) is 1. The second kappa shape index (κ2) is 6.77. The molecule has 0 aromatic heterocycles. The largest absolute Gasteiger partial charge is 0.480 e. The molecular formula is C13H18BrNO2. The molecule has 0 heterocycles. The Balaban J connectivity index is 2.60. The van der Waals surface area contributed by atoms with Gasteiger partial charge < -0.3 is 5.11 Å². The third-order valence-corrected chi connectivity index (χ3v) is 3.34. The maximum absolute atomic E-state index is 10.7. The lowest BCUT2D eigenvalue weighted by molar-refractivity contribution is -0.138. The molecule has 1 aromatic carbocycles. The Hall–Kier alpha value is -0.870. The van der Waals surface area contributed by atoms with Gasteiger partial charge in [-0.1, -0.05) is 35.0 Å². The van der Waals surface area contributed by atoms with Gasteiger partial charge in [-0.15, -0.1) is 0 Å². The lowest BCUT2D eigenvalue weighted by atomic mass is 10.1. The summed E-state index contributed by atoms with van der Waals surface area (Å²) in [6.45, 7) is 4.91. The topological polar surface area (TPSA) is 40.5 Å². The van der Waals surface area contributed by atoms with E-state index in [1.165, 1.54) is 5.56 Å². The van der Waals surface area contributed by atoms with Crippen molar-refractivity contribution < 1.29 is 9.90 Å². The molecule has 0 radical (unpaired) electrons. The first kappa shape index (κ1) is 14.2. The van der Waals surface area contributed by atoms with Crippen LogP contribution in [0, 0.1) is 0 Å². The summed E-state index contributed by atoms with van der Waals surface area (Å²) in [6.07, 6.45) is 0.869. The molecule has 0 aliphatic carbocycles. The van der Waals surface area contributed by atoms with Crippen LogP contribution < -0.4 is 0 Å². The summed E-state index contributed by atoms with van der Waals surface area (Å²) < 4.78 is 1.06. The van der Waals surface area contributed by atoms with Crippen LogP contribution >= 0.6 is 15.9 Å². The Morgan fingerprint density at radius 3 is 2.47 bits per heavy atom. The number of nitrogens with zero attached hydrogens (tertiary/aromatic N) is 1. The van der Waals surface area contributed by atoms with E-state index in [2.05, 4.69) is 35.0 Å². The molecule has 94 valence electrons. The highest BCUT2D eigenvalue weighted by Gasteiger charge is 2.15. The van der Waals surface area contributed by atoms with Crippen molar-refractivity contribution in [1.29, 1.82) is 0 Å². The molecule has 1 aromatic rings. The maximum Gasteiger partial charge on any atom is 0.317 e. The molecule has 1 unspecified atom stereocenters. The van der Waals surface area contributed by atoms with Gasteiger partial charge in [-0.3, -0.25) is 9.69 Å².